The summed E-state index contributed by atoms with van der Waals surface area (Å²) in [6, 6.07) is -0.161. The molecule has 0 spiro atoms. The van der Waals surface area contributed by atoms with Gasteiger partial charge in [-0.1, -0.05) is 13.8 Å². The molecule has 0 saturated heterocycles. The van der Waals surface area contributed by atoms with Gasteiger partial charge in [0.2, 0.25) is 0 Å². The first kappa shape index (κ1) is 15.4. The topological polar surface area (TPSA) is 91.3 Å². The number of carbonyl (C=O) groups excluding carboxylic acids is 1. The molecule has 0 aromatic carbocycles. The summed E-state index contributed by atoms with van der Waals surface area (Å²) >= 11 is 1.21. The Labute approximate surface area is 116 Å². The van der Waals surface area contributed by atoms with Crippen LogP contribution >= 0.6 is 11.3 Å². The minimum atomic E-state index is -1.06. The first-order chi connectivity index (χ1) is 8.88. The molecule has 1 atom stereocenters. The average molecular weight is 285 g/mol. The van der Waals surface area contributed by atoms with Crippen molar-refractivity contribution >= 4 is 23.3 Å². The lowest BCUT2D eigenvalue weighted by Gasteiger charge is -2.16. The number of hydrogen-bond acceptors (Lipinski definition) is 4. The molecule has 1 aromatic rings. The van der Waals surface area contributed by atoms with Crippen molar-refractivity contribution < 1.29 is 14.7 Å². The Hall–Kier alpha value is -1.63. The Bertz CT molecular complexity index is 445. The molecule has 2 amide bonds. The highest BCUT2D eigenvalue weighted by atomic mass is 32.1. The minimum absolute atomic E-state index is 0.00961. The highest BCUT2D eigenvalue weighted by Gasteiger charge is 2.11. The van der Waals surface area contributed by atoms with Gasteiger partial charge in [0.25, 0.3) is 0 Å². The summed E-state index contributed by atoms with van der Waals surface area (Å²) in [5.74, 6) is -0.537. The molecular weight excluding hydrogens is 266 g/mol. The zero-order valence-electron chi connectivity index (χ0n) is 11.3. The van der Waals surface area contributed by atoms with E-state index in [1.165, 1.54) is 16.7 Å². The number of carboxylic acid groups (broad SMARTS) is 1. The third-order valence-corrected chi connectivity index (χ3v) is 3.22. The first-order valence-electron chi connectivity index (χ1n) is 6.10. The van der Waals surface area contributed by atoms with Crippen molar-refractivity contribution in [1.29, 1.82) is 0 Å². The van der Waals surface area contributed by atoms with E-state index < -0.39 is 5.97 Å². The molecule has 1 heterocycles. The number of amides is 2. The zero-order chi connectivity index (χ0) is 14.4. The largest absolute Gasteiger partial charge is 0.476 e. The van der Waals surface area contributed by atoms with Crippen molar-refractivity contribution in [1.82, 2.24) is 15.6 Å². The third-order valence-electron chi connectivity index (χ3n) is 2.37. The van der Waals surface area contributed by atoms with Crippen molar-refractivity contribution in [3.05, 3.63) is 16.1 Å². The van der Waals surface area contributed by atoms with Crippen LogP contribution in [-0.4, -0.2) is 28.1 Å². The number of carbonyl (C=O) groups is 2. The summed E-state index contributed by atoms with van der Waals surface area (Å²) in [6.45, 7) is 6.38. The number of carboxylic acids is 1. The van der Waals surface area contributed by atoms with Crippen molar-refractivity contribution in [2.24, 2.45) is 5.92 Å². The predicted molar refractivity (Wildman–Crippen MR) is 73.4 cm³/mol. The Morgan fingerprint density at radius 1 is 1.42 bits per heavy atom. The molecule has 106 valence electrons. The highest BCUT2D eigenvalue weighted by molar-refractivity contribution is 7.09. The van der Waals surface area contributed by atoms with Gasteiger partial charge in [0.15, 0.2) is 5.69 Å². The van der Waals surface area contributed by atoms with E-state index in [0.29, 0.717) is 10.9 Å². The Morgan fingerprint density at radius 2 is 2.11 bits per heavy atom. The van der Waals surface area contributed by atoms with Crippen LogP contribution in [0.1, 0.15) is 42.7 Å². The fourth-order valence-corrected chi connectivity index (χ4v) is 2.39. The second-order valence-electron chi connectivity index (χ2n) is 4.79. The van der Waals surface area contributed by atoms with Crippen LogP contribution in [0.3, 0.4) is 0 Å². The summed E-state index contributed by atoms with van der Waals surface area (Å²) in [6.07, 6.45) is 0.911. The number of urea groups is 1. The van der Waals surface area contributed by atoms with Gasteiger partial charge in [-0.25, -0.2) is 14.6 Å². The van der Waals surface area contributed by atoms with Gasteiger partial charge < -0.3 is 15.7 Å². The molecule has 7 heteroatoms. The van der Waals surface area contributed by atoms with Gasteiger partial charge in [-0.3, -0.25) is 0 Å². The number of aromatic nitrogens is 1. The molecule has 1 rings (SSSR count). The summed E-state index contributed by atoms with van der Waals surface area (Å²) in [4.78, 5) is 26.1. The molecule has 1 unspecified atom stereocenters. The van der Waals surface area contributed by atoms with Crippen LogP contribution in [-0.2, 0) is 6.54 Å². The molecule has 0 fully saturated rings. The Balaban J connectivity index is 2.35. The lowest BCUT2D eigenvalue weighted by molar-refractivity contribution is 0.0691. The van der Waals surface area contributed by atoms with Gasteiger partial charge in [0.05, 0.1) is 6.54 Å². The minimum Gasteiger partial charge on any atom is -0.476 e. The van der Waals surface area contributed by atoms with Crippen LogP contribution in [0.5, 0.6) is 0 Å². The lowest BCUT2D eigenvalue weighted by Crippen LogP contribution is -2.40. The SMILES string of the molecule is CC(C)CC(C)NC(=O)NCc1nc(C(=O)O)cs1. The van der Waals surface area contributed by atoms with Crippen LogP contribution in [0, 0.1) is 5.92 Å². The molecule has 0 aliphatic carbocycles. The second-order valence-corrected chi connectivity index (χ2v) is 5.73. The lowest BCUT2D eigenvalue weighted by atomic mass is 10.1. The third kappa shape index (κ3) is 5.69. The fraction of sp³-hybridized carbons (Fsp3) is 0.583. The predicted octanol–water partition coefficient (Wildman–Crippen LogP) is 2.08. The first-order valence-corrected chi connectivity index (χ1v) is 6.98. The monoisotopic (exact) mass is 285 g/mol. The second kappa shape index (κ2) is 7.08. The Kier molecular flexibility index (Phi) is 5.75. The number of rotatable bonds is 6. The number of nitrogens with zero attached hydrogens (tertiary/aromatic N) is 1. The maximum absolute atomic E-state index is 11.6. The van der Waals surface area contributed by atoms with Gasteiger partial charge in [-0.2, -0.15) is 0 Å². The van der Waals surface area contributed by atoms with Crippen molar-refractivity contribution in [3.8, 4) is 0 Å². The summed E-state index contributed by atoms with van der Waals surface area (Å²) in [5.41, 5.74) is 0.00961. The molecule has 0 radical (unpaired) electrons. The van der Waals surface area contributed by atoms with E-state index in [-0.39, 0.29) is 24.3 Å². The molecule has 0 bridgehead atoms. The van der Waals surface area contributed by atoms with Gasteiger partial charge in [0.1, 0.15) is 5.01 Å². The Morgan fingerprint density at radius 3 is 2.63 bits per heavy atom. The van der Waals surface area contributed by atoms with Gasteiger partial charge >= 0.3 is 12.0 Å². The van der Waals surface area contributed by atoms with E-state index in [1.807, 2.05) is 6.92 Å². The number of thiazole rings is 1. The number of hydrogen-bond donors (Lipinski definition) is 3. The molecule has 0 aliphatic heterocycles. The highest BCUT2D eigenvalue weighted by Crippen LogP contribution is 2.09. The van der Waals surface area contributed by atoms with Crippen LogP contribution in [0.4, 0.5) is 4.79 Å². The van der Waals surface area contributed by atoms with E-state index in [0.717, 1.165) is 6.42 Å². The van der Waals surface area contributed by atoms with Crippen LogP contribution < -0.4 is 10.6 Å². The maximum atomic E-state index is 11.6. The maximum Gasteiger partial charge on any atom is 0.355 e. The van der Waals surface area contributed by atoms with E-state index in [9.17, 15) is 9.59 Å². The quantitative estimate of drug-likeness (QED) is 0.746. The fourth-order valence-electron chi connectivity index (χ4n) is 1.69. The normalized spacial score (nSPS) is 12.2. The summed E-state index contributed by atoms with van der Waals surface area (Å²) < 4.78 is 0. The van der Waals surface area contributed by atoms with Gasteiger partial charge in [-0.15, -0.1) is 11.3 Å². The average Bonchev–Trinajstić information content (AvgIpc) is 2.73. The molecule has 3 N–H and O–H groups in total. The van der Waals surface area contributed by atoms with E-state index >= 15 is 0 Å². The molecule has 0 saturated carbocycles. The van der Waals surface area contributed by atoms with Crippen LogP contribution in [0.2, 0.25) is 0 Å². The molecule has 6 nitrogen and oxygen atoms in total. The van der Waals surface area contributed by atoms with Crippen molar-refractivity contribution in [2.75, 3.05) is 0 Å². The molecular formula is C12H19N3O3S. The van der Waals surface area contributed by atoms with Crippen molar-refractivity contribution in [2.45, 2.75) is 39.8 Å². The van der Waals surface area contributed by atoms with Gasteiger partial charge in [-0.05, 0) is 19.3 Å². The van der Waals surface area contributed by atoms with E-state index in [1.54, 1.807) is 0 Å². The standard InChI is InChI=1S/C12H19N3O3S/c1-7(2)4-8(3)14-12(18)13-5-10-15-9(6-19-10)11(16)17/h6-8H,4-5H2,1-3H3,(H,16,17)(H2,13,14,18). The summed E-state index contributed by atoms with van der Waals surface area (Å²) in [5, 5.41) is 16.2. The number of nitrogens with one attached hydrogen (secondary N) is 2. The van der Waals surface area contributed by atoms with E-state index in [4.69, 9.17) is 5.11 Å². The molecule has 1 aromatic heterocycles. The summed E-state index contributed by atoms with van der Waals surface area (Å²) in [7, 11) is 0. The van der Waals surface area contributed by atoms with Gasteiger partial charge in [0, 0.05) is 11.4 Å². The zero-order valence-corrected chi connectivity index (χ0v) is 12.1. The smallest absolute Gasteiger partial charge is 0.355 e. The molecule has 19 heavy (non-hydrogen) atoms. The van der Waals surface area contributed by atoms with E-state index in [2.05, 4.69) is 29.5 Å². The molecule has 0 aliphatic rings. The number of aromatic carboxylic acids is 1. The van der Waals surface area contributed by atoms with Crippen molar-refractivity contribution in [3.63, 3.8) is 0 Å². The van der Waals surface area contributed by atoms with Crippen LogP contribution in [0.15, 0.2) is 5.38 Å². The van der Waals surface area contributed by atoms with Crippen LogP contribution in [0.25, 0.3) is 0 Å².